The molecule has 3 aromatic rings. The first-order valence-corrected chi connectivity index (χ1v) is 8.75. The largest absolute Gasteiger partial charge is 0.307 e. The van der Waals surface area contributed by atoms with Crippen molar-refractivity contribution in [3.63, 3.8) is 0 Å². The first-order chi connectivity index (χ1) is 11.8. The van der Waals surface area contributed by atoms with Crippen molar-refractivity contribution in [3.8, 4) is 0 Å². The topological polar surface area (TPSA) is 64.7 Å². The summed E-state index contributed by atoms with van der Waals surface area (Å²) in [5.41, 5.74) is 1.56. The van der Waals surface area contributed by atoms with Gasteiger partial charge in [-0.1, -0.05) is 29.8 Å². The second kappa shape index (κ2) is 6.84. The van der Waals surface area contributed by atoms with Crippen LogP contribution in [0, 0.1) is 6.92 Å². The first-order valence-electron chi connectivity index (χ1n) is 7.96. The molecule has 0 bridgehead atoms. The Balaban J connectivity index is 1.68. The number of rotatable bonds is 5. The number of aryl methyl sites for hydroxylation is 1. The number of hydrogen-bond donors (Lipinski definition) is 1. The second-order valence-corrected chi connectivity index (χ2v) is 7.42. The van der Waals surface area contributed by atoms with Gasteiger partial charge in [0, 0.05) is 18.5 Å². The molecule has 0 unspecified atom stereocenters. The number of halogens is 1. The maximum absolute atomic E-state index is 12.6. The van der Waals surface area contributed by atoms with Crippen molar-refractivity contribution in [3.05, 3.63) is 64.5 Å². The summed E-state index contributed by atoms with van der Waals surface area (Å²) in [6, 6.07) is 10.1. The van der Waals surface area contributed by atoms with E-state index in [-0.39, 0.29) is 5.91 Å². The minimum Gasteiger partial charge on any atom is -0.307 e. The molecule has 0 aliphatic carbocycles. The highest BCUT2D eigenvalue weighted by molar-refractivity contribution is 9.10. The summed E-state index contributed by atoms with van der Waals surface area (Å²) in [6.45, 7) is 6.34. The number of aromatic nitrogens is 4. The van der Waals surface area contributed by atoms with Crippen molar-refractivity contribution >= 4 is 27.7 Å². The first kappa shape index (κ1) is 17.4. The molecule has 0 radical (unpaired) electrons. The van der Waals surface area contributed by atoms with Crippen LogP contribution < -0.4 is 5.32 Å². The van der Waals surface area contributed by atoms with E-state index in [0.717, 1.165) is 10.0 Å². The van der Waals surface area contributed by atoms with Crippen LogP contribution in [0.15, 0.2) is 53.4 Å². The number of nitrogens with zero attached hydrogens (tertiary/aromatic N) is 4. The zero-order valence-electron chi connectivity index (χ0n) is 14.4. The lowest BCUT2D eigenvalue weighted by atomic mass is 10.1. The molecule has 0 aliphatic rings. The van der Waals surface area contributed by atoms with Gasteiger partial charge < -0.3 is 5.32 Å². The van der Waals surface area contributed by atoms with E-state index in [4.69, 9.17) is 0 Å². The van der Waals surface area contributed by atoms with Crippen LogP contribution in [-0.2, 0) is 16.9 Å². The number of nitrogens with one attached hydrogen (secondary N) is 1. The van der Waals surface area contributed by atoms with Crippen LogP contribution in [0.1, 0.15) is 25.0 Å². The second-order valence-electron chi connectivity index (χ2n) is 6.50. The summed E-state index contributed by atoms with van der Waals surface area (Å²) in [4.78, 5) is 12.6. The summed E-state index contributed by atoms with van der Waals surface area (Å²) >= 11 is 3.35. The molecule has 0 saturated heterocycles. The van der Waals surface area contributed by atoms with E-state index in [2.05, 4.69) is 62.6 Å². The van der Waals surface area contributed by atoms with Crippen molar-refractivity contribution in [2.45, 2.75) is 32.9 Å². The van der Waals surface area contributed by atoms with Gasteiger partial charge in [-0.2, -0.15) is 10.2 Å². The van der Waals surface area contributed by atoms with E-state index in [1.54, 1.807) is 27.8 Å². The Morgan fingerprint density at radius 3 is 2.60 bits per heavy atom. The minimum atomic E-state index is -0.827. The van der Waals surface area contributed by atoms with Crippen molar-refractivity contribution in [1.29, 1.82) is 0 Å². The third-order valence-electron chi connectivity index (χ3n) is 4.03. The molecule has 25 heavy (non-hydrogen) atoms. The molecular formula is C18H20BrN5O. The standard InChI is InChI=1S/C18H20BrN5O/c1-13-4-6-14(7-5-13)11-23-9-8-16(22-23)21-17(25)18(2,3)24-12-15(19)10-20-24/h4-10,12H,11H2,1-3H3,(H,21,22,25). The third-order valence-corrected chi connectivity index (χ3v) is 4.44. The lowest BCUT2D eigenvalue weighted by molar-refractivity contribution is -0.123. The molecule has 130 valence electrons. The molecule has 7 heteroatoms. The smallest absolute Gasteiger partial charge is 0.252 e. The predicted octanol–water partition coefficient (Wildman–Crippen LogP) is 3.57. The van der Waals surface area contributed by atoms with E-state index in [0.29, 0.717) is 12.4 Å². The van der Waals surface area contributed by atoms with Crippen LogP contribution in [-0.4, -0.2) is 25.5 Å². The molecule has 0 atom stereocenters. The monoisotopic (exact) mass is 401 g/mol. The maximum atomic E-state index is 12.6. The Hall–Kier alpha value is -2.41. The van der Waals surface area contributed by atoms with Crippen molar-refractivity contribution in [1.82, 2.24) is 19.6 Å². The highest BCUT2D eigenvalue weighted by Gasteiger charge is 2.31. The SMILES string of the molecule is Cc1ccc(Cn2ccc(NC(=O)C(C)(C)n3cc(Br)cn3)n2)cc1. The van der Waals surface area contributed by atoms with Crippen molar-refractivity contribution in [2.75, 3.05) is 5.32 Å². The summed E-state index contributed by atoms with van der Waals surface area (Å²) in [5.74, 6) is 0.347. The number of benzene rings is 1. The van der Waals surface area contributed by atoms with Gasteiger partial charge in [0.2, 0.25) is 0 Å². The van der Waals surface area contributed by atoms with Gasteiger partial charge in [-0.25, -0.2) is 0 Å². The van der Waals surface area contributed by atoms with Gasteiger partial charge in [0.05, 0.1) is 17.2 Å². The molecule has 2 heterocycles. The summed E-state index contributed by atoms with van der Waals surface area (Å²) in [6.07, 6.45) is 5.29. The summed E-state index contributed by atoms with van der Waals surface area (Å²) in [5, 5.41) is 11.5. The van der Waals surface area contributed by atoms with Gasteiger partial charge >= 0.3 is 0 Å². The van der Waals surface area contributed by atoms with Crippen LogP contribution in [0.25, 0.3) is 0 Å². The van der Waals surface area contributed by atoms with E-state index >= 15 is 0 Å². The zero-order chi connectivity index (χ0) is 18.0. The fourth-order valence-electron chi connectivity index (χ4n) is 2.38. The van der Waals surface area contributed by atoms with Gasteiger partial charge in [0.15, 0.2) is 5.82 Å². The Labute approximate surface area is 155 Å². The summed E-state index contributed by atoms with van der Waals surface area (Å²) < 4.78 is 4.25. The van der Waals surface area contributed by atoms with Crippen molar-refractivity contribution in [2.24, 2.45) is 0 Å². The minimum absolute atomic E-state index is 0.177. The molecule has 0 fully saturated rings. The zero-order valence-corrected chi connectivity index (χ0v) is 16.0. The van der Waals surface area contributed by atoms with E-state index in [9.17, 15) is 4.79 Å². The highest BCUT2D eigenvalue weighted by Crippen LogP contribution is 2.19. The van der Waals surface area contributed by atoms with E-state index in [1.807, 2.05) is 20.0 Å². The summed E-state index contributed by atoms with van der Waals surface area (Å²) in [7, 11) is 0. The number of amides is 1. The molecule has 1 aromatic carbocycles. The van der Waals surface area contributed by atoms with Crippen molar-refractivity contribution < 1.29 is 4.79 Å². The molecule has 1 amide bonds. The lowest BCUT2D eigenvalue weighted by Crippen LogP contribution is -2.40. The lowest BCUT2D eigenvalue weighted by Gasteiger charge is -2.23. The fraction of sp³-hybridized carbons (Fsp3) is 0.278. The normalized spacial score (nSPS) is 11.5. The van der Waals surface area contributed by atoms with Gasteiger partial charge in [-0.3, -0.25) is 14.2 Å². The highest BCUT2D eigenvalue weighted by atomic mass is 79.9. The molecule has 0 aliphatic heterocycles. The molecule has 6 nitrogen and oxygen atoms in total. The van der Waals surface area contributed by atoms with Crippen LogP contribution >= 0.6 is 15.9 Å². The molecule has 2 aromatic heterocycles. The van der Waals surface area contributed by atoms with E-state index < -0.39 is 5.54 Å². The quantitative estimate of drug-likeness (QED) is 0.710. The Kier molecular flexibility index (Phi) is 4.76. The predicted molar refractivity (Wildman–Crippen MR) is 100 cm³/mol. The average Bonchev–Trinajstić information content (AvgIpc) is 3.19. The molecule has 0 saturated carbocycles. The number of anilines is 1. The number of carbonyl (C=O) groups is 1. The Bertz CT molecular complexity index is 879. The third kappa shape index (κ3) is 3.99. The molecule has 3 rings (SSSR count). The van der Waals surface area contributed by atoms with Crippen LogP contribution in [0.4, 0.5) is 5.82 Å². The van der Waals surface area contributed by atoms with E-state index in [1.165, 1.54) is 5.56 Å². The fourth-order valence-corrected chi connectivity index (χ4v) is 2.66. The van der Waals surface area contributed by atoms with Gasteiger partial charge in [-0.05, 0) is 42.3 Å². The average molecular weight is 402 g/mol. The maximum Gasteiger partial charge on any atom is 0.252 e. The number of hydrogen-bond acceptors (Lipinski definition) is 3. The van der Waals surface area contributed by atoms with Crippen LogP contribution in [0.5, 0.6) is 0 Å². The Morgan fingerprint density at radius 1 is 1.24 bits per heavy atom. The van der Waals surface area contributed by atoms with Gasteiger partial charge in [0.25, 0.3) is 5.91 Å². The Morgan fingerprint density at radius 2 is 1.96 bits per heavy atom. The van der Waals surface area contributed by atoms with Crippen LogP contribution in [0.3, 0.4) is 0 Å². The molecule has 1 N–H and O–H groups in total. The molecular weight excluding hydrogens is 382 g/mol. The molecule has 0 spiro atoms. The number of carbonyl (C=O) groups excluding carboxylic acids is 1. The van der Waals surface area contributed by atoms with Gasteiger partial charge in [-0.15, -0.1) is 0 Å². The van der Waals surface area contributed by atoms with Gasteiger partial charge in [0.1, 0.15) is 5.54 Å². The van der Waals surface area contributed by atoms with Crippen LogP contribution in [0.2, 0.25) is 0 Å².